The zero-order chi connectivity index (χ0) is 15.2. The molecule has 0 radical (unpaired) electrons. The van der Waals surface area contributed by atoms with Gasteiger partial charge in [0.2, 0.25) is 0 Å². The number of nitrogen functional groups attached to an aromatic ring is 1. The highest BCUT2D eigenvalue weighted by molar-refractivity contribution is 5.95. The maximum atomic E-state index is 12.6. The van der Waals surface area contributed by atoms with E-state index in [1.807, 2.05) is 24.0 Å². The normalized spacial score (nSPS) is 16.6. The molecule has 116 valence electrons. The van der Waals surface area contributed by atoms with E-state index >= 15 is 0 Å². The molecule has 2 rings (SSSR count). The van der Waals surface area contributed by atoms with Crippen molar-refractivity contribution in [1.82, 2.24) is 9.80 Å². The summed E-state index contributed by atoms with van der Waals surface area (Å²) in [7, 11) is 0. The predicted molar refractivity (Wildman–Crippen MR) is 83.0 cm³/mol. The second-order valence-corrected chi connectivity index (χ2v) is 5.39. The topological polar surface area (TPSA) is 81.8 Å². The van der Waals surface area contributed by atoms with E-state index in [1.165, 1.54) is 0 Å². The maximum absolute atomic E-state index is 12.6. The van der Waals surface area contributed by atoms with Crippen LogP contribution in [0.3, 0.4) is 0 Å². The number of nitrogens with two attached hydrogens (primary N) is 1. The van der Waals surface area contributed by atoms with E-state index in [4.69, 9.17) is 10.9 Å². The number of benzene rings is 1. The van der Waals surface area contributed by atoms with Gasteiger partial charge < -0.3 is 15.4 Å². The largest absolute Gasteiger partial charge is 0.395 e. The highest BCUT2D eigenvalue weighted by atomic mass is 16.3. The first-order valence-corrected chi connectivity index (χ1v) is 7.35. The third kappa shape index (κ3) is 3.93. The summed E-state index contributed by atoms with van der Waals surface area (Å²) < 4.78 is 0. The van der Waals surface area contributed by atoms with Crippen molar-refractivity contribution in [3.8, 4) is 0 Å². The molecule has 21 heavy (non-hydrogen) atoms. The molecule has 1 saturated heterocycles. The van der Waals surface area contributed by atoms with Crippen molar-refractivity contribution in [2.45, 2.75) is 13.3 Å². The molecular formula is C15H24N4O2. The van der Waals surface area contributed by atoms with Gasteiger partial charge in [0.05, 0.1) is 12.3 Å². The fourth-order valence-corrected chi connectivity index (χ4v) is 2.68. The van der Waals surface area contributed by atoms with Crippen LogP contribution in [0, 0.1) is 6.92 Å². The lowest BCUT2D eigenvalue weighted by atomic mass is 10.1. The number of amides is 1. The number of nitrogens with one attached hydrogen (secondary N) is 1. The summed E-state index contributed by atoms with van der Waals surface area (Å²) in [6, 6.07) is 5.51. The second kappa shape index (κ2) is 7.40. The van der Waals surface area contributed by atoms with Gasteiger partial charge in [0, 0.05) is 31.7 Å². The first-order valence-electron chi connectivity index (χ1n) is 7.35. The Morgan fingerprint density at radius 3 is 2.81 bits per heavy atom. The maximum Gasteiger partial charge on any atom is 0.253 e. The standard InChI is InChI=1S/C15H24N4O2/c1-12-11-13(3-4-14(12)17-16)15(21)19-6-2-5-18(7-8-19)9-10-20/h3-4,11,17,20H,2,5-10,16H2,1H3. The Morgan fingerprint density at radius 1 is 1.33 bits per heavy atom. The predicted octanol–water partition coefficient (Wildman–Crippen LogP) is 0.421. The van der Waals surface area contributed by atoms with Crippen LogP contribution in [0.4, 0.5) is 5.69 Å². The molecule has 0 unspecified atom stereocenters. The molecule has 0 atom stereocenters. The van der Waals surface area contributed by atoms with E-state index in [0.29, 0.717) is 18.7 Å². The lowest BCUT2D eigenvalue weighted by molar-refractivity contribution is 0.0760. The minimum atomic E-state index is 0.0625. The third-order valence-electron chi connectivity index (χ3n) is 3.92. The number of β-amino-alcohol motifs (C(OH)–C–C–N with tert-alkyl or cyclic N) is 1. The van der Waals surface area contributed by atoms with Crippen LogP contribution in [0.1, 0.15) is 22.3 Å². The Bertz CT molecular complexity index is 493. The molecule has 0 bridgehead atoms. The summed E-state index contributed by atoms with van der Waals surface area (Å²) in [6.45, 7) is 5.98. The first kappa shape index (κ1) is 15.8. The summed E-state index contributed by atoms with van der Waals surface area (Å²) in [5.41, 5.74) is 5.10. The van der Waals surface area contributed by atoms with Gasteiger partial charge in [-0.25, -0.2) is 0 Å². The van der Waals surface area contributed by atoms with Crippen LogP contribution in [0.15, 0.2) is 18.2 Å². The Kier molecular flexibility index (Phi) is 5.55. The lowest BCUT2D eigenvalue weighted by Gasteiger charge is -2.22. The molecule has 1 aromatic rings. The number of hydrogen-bond acceptors (Lipinski definition) is 5. The van der Waals surface area contributed by atoms with Crippen LogP contribution in [-0.4, -0.2) is 60.1 Å². The lowest BCUT2D eigenvalue weighted by Crippen LogP contribution is -2.36. The van der Waals surface area contributed by atoms with E-state index in [1.54, 1.807) is 6.07 Å². The Morgan fingerprint density at radius 2 is 2.14 bits per heavy atom. The molecular weight excluding hydrogens is 268 g/mol. The summed E-state index contributed by atoms with van der Waals surface area (Å²) in [5.74, 6) is 5.48. The quantitative estimate of drug-likeness (QED) is 0.553. The zero-order valence-corrected chi connectivity index (χ0v) is 12.5. The summed E-state index contributed by atoms with van der Waals surface area (Å²) in [5, 5.41) is 9.00. The van der Waals surface area contributed by atoms with Crippen molar-refractivity contribution >= 4 is 11.6 Å². The van der Waals surface area contributed by atoms with Crippen molar-refractivity contribution < 1.29 is 9.90 Å². The van der Waals surface area contributed by atoms with Crippen LogP contribution in [0.2, 0.25) is 0 Å². The van der Waals surface area contributed by atoms with Gasteiger partial charge in [-0.1, -0.05) is 0 Å². The van der Waals surface area contributed by atoms with E-state index < -0.39 is 0 Å². The minimum Gasteiger partial charge on any atom is -0.395 e. The Hall–Kier alpha value is -1.63. The molecule has 1 amide bonds. The van der Waals surface area contributed by atoms with Gasteiger partial charge in [0.25, 0.3) is 5.91 Å². The number of hydrogen-bond donors (Lipinski definition) is 3. The minimum absolute atomic E-state index is 0.0625. The van der Waals surface area contributed by atoms with Crippen LogP contribution in [-0.2, 0) is 0 Å². The van der Waals surface area contributed by atoms with E-state index in [9.17, 15) is 4.79 Å². The molecule has 0 aliphatic carbocycles. The third-order valence-corrected chi connectivity index (χ3v) is 3.92. The van der Waals surface area contributed by atoms with Crippen molar-refractivity contribution in [2.24, 2.45) is 5.84 Å². The van der Waals surface area contributed by atoms with Crippen molar-refractivity contribution in [1.29, 1.82) is 0 Å². The fraction of sp³-hybridized carbons (Fsp3) is 0.533. The molecule has 1 fully saturated rings. The van der Waals surface area contributed by atoms with E-state index in [2.05, 4.69) is 10.3 Å². The van der Waals surface area contributed by atoms with Gasteiger partial charge in [-0.05, 0) is 43.7 Å². The Labute approximate surface area is 125 Å². The van der Waals surface area contributed by atoms with Crippen molar-refractivity contribution in [3.63, 3.8) is 0 Å². The SMILES string of the molecule is Cc1cc(C(=O)N2CCCN(CCO)CC2)ccc1NN. The van der Waals surface area contributed by atoms with E-state index in [0.717, 1.165) is 37.3 Å². The number of aryl methyl sites for hydroxylation is 1. The van der Waals surface area contributed by atoms with Crippen LogP contribution < -0.4 is 11.3 Å². The number of hydrazine groups is 1. The van der Waals surface area contributed by atoms with Crippen LogP contribution in [0.25, 0.3) is 0 Å². The number of carbonyl (C=O) groups excluding carboxylic acids is 1. The Balaban J connectivity index is 2.04. The molecule has 0 saturated carbocycles. The van der Waals surface area contributed by atoms with Crippen molar-refractivity contribution in [3.05, 3.63) is 29.3 Å². The number of carbonyl (C=O) groups is 1. The number of rotatable bonds is 4. The van der Waals surface area contributed by atoms with Gasteiger partial charge in [-0.15, -0.1) is 0 Å². The molecule has 4 N–H and O–H groups in total. The van der Waals surface area contributed by atoms with Crippen molar-refractivity contribution in [2.75, 3.05) is 44.8 Å². The second-order valence-electron chi connectivity index (χ2n) is 5.39. The summed E-state index contributed by atoms with van der Waals surface area (Å²) in [6.07, 6.45) is 0.938. The summed E-state index contributed by atoms with van der Waals surface area (Å²) >= 11 is 0. The smallest absolute Gasteiger partial charge is 0.253 e. The molecule has 1 aliphatic rings. The molecule has 0 spiro atoms. The highest BCUT2D eigenvalue weighted by Gasteiger charge is 2.20. The van der Waals surface area contributed by atoms with Gasteiger partial charge in [0.1, 0.15) is 0 Å². The fourth-order valence-electron chi connectivity index (χ4n) is 2.68. The van der Waals surface area contributed by atoms with Gasteiger partial charge in [0.15, 0.2) is 0 Å². The van der Waals surface area contributed by atoms with Crippen LogP contribution >= 0.6 is 0 Å². The first-order chi connectivity index (χ1) is 10.2. The number of aliphatic hydroxyl groups excluding tert-OH is 1. The van der Waals surface area contributed by atoms with Crippen LogP contribution in [0.5, 0.6) is 0 Å². The average molecular weight is 292 g/mol. The van der Waals surface area contributed by atoms with Gasteiger partial charge in [-0.2, -0.15) is 0 Å². The molecule has 6 heteroatoms. The van der Waals surface area contributed by atoms with E-state index in [-0.39, 0.29) is 12.5 Å². The summed E-state index contributed by atoms with van der Waals surface area (Å²) in [4.78, 5) is 16.7. The number of anilines is 1. The molecule has 6 nitrogen and oxygen atoms in total. The molecule has 1 heterocycles. The molecule has 1 aliphatic heterocycles. The van der Waals surface area contributed by atoms with Gasteiger partial charge >= 0.3 is 0 Å². The molecule has 0 aromatic heterocycles. The molecule has 1 aromatic carbocycles. The average Bonchev–Trinajstić information content (AvgIpc) is 2.72. The number of nitrogens with zero attached hydrogens (tertiary/aromatic N) is 2. The zero-order valence-electron chi connectivity index (χ0n) is 12.5. The number of aliphatic hydroxyl groups is 1. The van der Waals surface area contributed by atoms with Gasteiger partial charge in [-0.3, -0.25) is 15.5 Å². The monoisotopic (exact) mass is 292 g/mol. The highest BCUT2D eigenvalue weighted by Crippen LogP contribution is 2.17.